The number of nitrogens with zero attached hydrogens (tertiary/aromatic N) is 3. The Bertz CT molecular complexity index is 603. The van der Waals surface area contributed by atoms with Crippen LogP contribution >= 0.6 is 0 Å². The molecule has 84 valence electrons. The highest BCUT2D eigenvalue weighted by atomic mass is 16.1. The van der Waals surface area contributed by atoms with Gasteiger partial charge in [-0.05, 0) is 25.5 Å². The minimum atomic E-state index is 0.150. The Labute approximate surface area is 96.4 Å². The largest absolute Gasteiger partial charge is 0.240 e. The van der Waals surface area contributed by atoms with Crippen molar-refractivity contribution in [3.63, 3.8) is 0 Å². The van der Waals surface area contributed by atoms with Crippen LogP contribution in [0.25, 0.3) is 0 Å². The first-order chi connectivity index (χ1) is 8.15. The van der Waals surface area contributed by atoms with E-state index >= 15 is 0 Å². The van der Waals surface area contributed by atoms with Gasteiger partial charge in [0.05, 0.1) is 5.69 Å². The lowest BCUT2D eigenvalue weighted by molar-refractivity contribution is 0.564. The molecule has 0 amide bonds. The number of aryl methyl sites for hydroxylation is 1. The first kappa shape index (κ1) is 12.4. The molecule has 0 unspecified atom stereocenters. The number of rotatable bonds is 3. The quantitative estimate of drug-likeness (QED) is 0.587. The molecule has 17 heavy (non-hydrogen) atoms. The van der Waals surface area contributed by atoms with E-state index in [1.165, 1.54) is 18.2 Å². The second-order valence-electron chi connectivity index (χ2n) is 3.14. The molecule has 6 nitrogen and oxygen atoms in total. The van der Waals surface area contributed by atoms with Gasteiger partial charge in [-0.15, -0.1) is 0 Å². The van der Waals surface area contributed by atoms with Crippen molar-refractivity contribution in [3.05, 3.63) is 17.2 Å². The highest BCUT2D eigenvalue weighted by Gasteiger charge is 2.12. The van der Waals surface area contributed by atoms with Gasteiger partial charge in [0, 0.05) is 5.56 Å². The minimum absolute atomic E-state index is 0.150. The van der Waals surface area contributed by atoms with E-state index in [0.717, 1.165) is 0 Å². The highest BCUT2D eigenvalue weighted by Crippen LogP contribution is 2.39. The maximum atomic E-state index is 10.3. The fourth-order valence-electron chi connectivity index (χ4n) is 1.40. The fraction of sp³-hybridized carbons (Fsp3) is 0.182. The van der Waals surface area contributed by atoms with Crippen LogP contribution < -0.4 is 0 Å². The van der Waals surface area contributed by atoms with E-state index in [1.807, 2.05) is 0 Å². The first-order valence-electron chi connectivity index (χ1n) is 4.53. The van der Waals surface area contributed by atoms with Crippen molar-refractivity contribution >= 4 is 35.3 Å². The van der Waals surface area contributed by atoms with Crippen LogP contribution in [0.4, 0.5) is 17.1 Å². The number of isocyanates is 3. The Morgan fingerprint density at radius 1 is 0.882 bits per heavy atom. The van der Waals surface area contributed by atoms with E-state index < -0.39 is 0 Å². The third-order valence-corrected chi connectivity index (χ3v) is 2.17. The summed E-state index contributed by atoms with van der Waals surface area (Å²) in [7, 11) is 0. The molecule has 1 aromatic rings. The van der Waals surface area contributed by atoms with Gasteiger partial charge in [0.1, 0.15) is 11.4 Å². The molecule has 6 heteroatoms. The zero-order chi connectivity index (χ0) is 12.8. The molecule has 0 atom stereocenters. The van der Waals surface area contributed by atoms with Crippen LogP contribution in [-0.4, -0.2) is 18.2 Å². The van der Waals surface area contributed by atoms with Crippen LogP contribution in [0, 0.1) is 13.8 Å². The molecule has 0 heterocycles. The Hall–Kier alpha value is -2.64. The van der Waals surface area contributed by atoms with E-state index in [1.54, 1.807) is 19.9 Å². The number of benzene rings is 1. The maximum absolute atomic E-state index is 10.3. The molecule has 0 saturated carbocycles. The van der Waals surface area contributed by atoms with E-state index in [-0.39, 0.29) is 11.4 Å². The molecule has 0 aliphatic heterocycles. The highest BCUT2D eigenvalue weighted by molar-refractivity contribution is 5.80. The molecule has 0 aliphatic rings. The standard InChI is InChI=1S/C11H7N3O3/c1-7-3-9(12-4-15)8(2)11(14-6-17)10(7)13-5-16/h3H,1-2H3. The van der Waals surface area contributed by atoms with Crippen LogP contribution in [0.3, 0.4) is 0 Å². The van der Waals surface area contributed by atoms with Gasteiger partial charge in [0.15, 0.2) is 0 Å². The van der Waals surface area contributed by atoms with Crippen LogP contribution in [0.5, 0.6) is 0 Å². The molecule has 0 aliphatic carbocycles. The summed E-state index contributed by atoms with van der Waals surface area (Å²) < 4.78 is 0. The van der Waals surface area contributed by atoms with E-state index in [9.17, 15) is 14.4 Å². The van der Waals surface area contributed by atoms with Crippen molar-refractivity contribution in [3.8, 4) is 0 Å². The van der Waals surface area contributed by atoms with E-state index in [0.29, 0.717) is 16.8 Å². The van der Waals surface area contributed by atoms with Crippen LogP contribution in [0.15, 0.2) is 21.0 Å². The zero-order valence-corrected chi connectivity index (χ0v) is 9.14. The van der Waals surface area contributed by atoms with Crippen molar-refractivity contribution in [2.45, 2.75) is 13.8 Å². The van der Waals surface area contributed by atoms with Gasteiger partial charge in [-0.3, -0.25) is 0 Å². The Morgan fingerprint density at radius 3 is 1.94 bits per heavy atom. The smallest absolute Gasteiger partial charge is 0.211 e. The monoisotopic (exact) mass is 229 g/mol. The molecule has 1 aromatic carbocycles. The lowest BCUT2D eigenvalue weighted by atomic mass is 10.1. The van der Waals surface area contributed by atoms with Crippen LogP contribution in [0.2, 0.25) is 0 Å². The molecule has 0 spiro atoms. The van der Waals surface area contributed by atoms with Gasteiger partial charge in [0.25, 0.3) is 0 Å². The molecular weight excluding hydrogens is 222 g/mol. The van der Waals surface area contributed by atoms with Crippen LogP contribution in [0.1, 0.15) is 11.1 Å². The molecule has 0 radical (unpaired) electrons. The summed E-state index contributed by atoms with van der Waals surface area (Å²) in [6.07, 6.45) is 4.14. The van der Waals surface area contributed by atoms with Gasteiger partial charge >= 0.3 is 0 Å². The van der Waals surface area contributed by atoms with Gasteiger partial charge in [-0.1, -0.05) is 0 Å². The summed E-state index contributed by atoms with van der Waals surface area (Å²) in [6, 6.07) is 1.54. The average Bonchev–Trinajstić information content (AvgIpc) is 2.30. The molecule has 0 bridgehead atoms. The second-order valence-corrected chi connectivity index (χ2v) is 3.14. The van der Waals surface area contributed by atoms with Crippen molar-refractivity contribution in [2.75, 3.05) is 0 Å². The lowest BCUT2D eigenvalue weighted by Gasteiger charge is -2.07. The third-order valence-electron chi connectivity index (χ3n) is 2.17. The van der Waals surface area contributed by atoms with Crippen molar-refractivity contribution in [1.82, 2.24) is 0 Å². The molecule has 0 saturated heterocycles. The Kier molecular flexibility index (Phi) is 3.98. The van der Waals surface area contributed by atoms with Gasteiger partial charge in [-0.2, -0.15) is 15.0 Å². The molecular formula is C11H7N3O3. The summed E-state index contributed by atoms with van der Waals surface area (Å²) in [5, 5.41) is 0. The van der Waals surface area contributed by atoms with Crippen LogP contribution in [-0.2, 0) is 14.4 Å². The molecule has 1 rings (SSSR count). The maximum Gasteiger partial charge on any atom is 0.240 e. The van der Waals surface area contributed by atoms with Gasteiger partial charge in [0.2, 0.25) is 18.2 Å². The lowest BCUT2D eigenvalue weighted by Crippen LogP contribution is -1.83. The molecule has 0 fully saturated rings. The second kappa shape index (κ2) is 5.45. The fourth-order valence-corrected chi connectivity index (χ4v) is 1.40. The SMILES string of the molecule is Cc1cc(N=C=O)c(C)c(N=C=O)c1N=C=O. The third kappa shape index (κ3) is 2.48. The predicted molar refractivity (Wildman–Crippen MR) is 59.3 cm³/mol. The first-order valence-corrected chi connectivity index (χ1v) is 4.53. The number of hydrogen-bond acceptors (Lipinski definition) is 6. The van der Waals surface area contributed by atoms with Crippen molar-refractivity contribution < 1.29 is 14.4 Å². The Morgan fingerprint density at radius 2 is 1.41 bits per heavy atom. The summed E-state index contributed by atoms with van der Waals surface area (Å²) >= 11 is 0. The summed E-state index contributed by atoms with van der Waals surface area (Å²) in [5.74, 6) is 0. The number of hydrogen-bond donors (Lipinski definition) is 0. The predicted octanol–water partition coefficient (Wildman–Crippen LogP) is 2.21. The zero-order valence-electron chi connectivity index (χ0n) is 9.14. The van der Waals surface area contributed by atoms with Gasteiger partial charge in [-0.25, -0.2) is 14.4 Å². The van der Waals surface area contributed by atoms with E-state index in [4.69, 9.17) is 0 Å². The Balaban J connectivity index is 3.75. The van der Waals surface area contributed by atoms with Crippen molar-refractivity contribution in [2.24, 2.45) is 15.0 Å². The summed E-state index contributed by atoms with van der Waals surface area (Å²) in [4.78, 5) is 41.2. The topological polar surface area (TPSA) is 88.3 Å². The average molecular weight is 229 g/mol. The number of aliphatic imine (C=N–C) groups is 3. The number of carbonyl (C=O) groups excluding carboxylic acids is 3. The summed E-state index contributed by atoms with van der Waals surface area (Å²) in [5.41, 5.74) is 1.66. The normalized spacial score (nSPS) is 8.59. The minimum Gasteiger partial charge on any atom is -0.211 e. The summed E-state index contributed by atoms with van der Waals surface area (Å²) in [6.45, 7) is 3.23. The molecule has 0 N–H and O–H groups in total. The van der Waals surface area contributed by atoms with Gasteiger partial charge < -0.3 is 0 Å². The van der Waals surface area contributed by atoms with Crippen molar-refractivity contribution in [1.29, 1.82) is 0 Å². The molecule has 0 aromatic heterocycles. The van der Waals surface area contributed by atoms with E-state index in [2.05, 4.69) is 15.0 Å².